The Hall–Kier alpha value is -1.41. The van der Waals surface area contributed by atoms with Crippen molar-refractivity contribution in [1.29, 1.82) is 0 Å². The molecule has 0 saturated heterocycles. The molecular formula is C9H11NO5S2. The van der Waals surface area contributed by atoms with Crippen LogP contribution in [0.25, 0.3) is 0 Å². The van der Waals surface area contributed by atoms with Crippen LogP contribution in [0.4, 0.5) is 10.5 Å². The molecule has 8 heteroatoms. The van der Waals surface area contributed by atoms with Crippen LogP contribution in [0.5, 0.6) is 5.75 Å². The molecule has 1 aromatic rings. The van der Waals surface area contributed by atoms with Gasteiger partial charge in [-0.3, -0.25) is 10.1 Å². The summed E-state index contributed by atoms with van der Waals surface area (Å²) in [7, 11) is 0. The summed E-state index contributed by atoms with van der Waals surface area (Å²) in [6.45, 7) is 0. The molecule has 0 aliphatic heterocycles. The highest BCUT2D eigenvalue weighted by Gasteiger charge is 2.12. The van der Waals surface area contributed by atoms with Gasteiger partial charge >= 0.3 is 11.0 Å². The average Bonchev–Trinajstić information content (AvgIpc) is 2.20. The number of phenolic OH excluding ortho intramolecular Hbond substituents is 1. The predicted octanol–water partition coefficient (Wildman–Crippen LogP) is 2.37. The number of carbonyl (C=O) groups is 1. The summed E-state index contributed by atoms with van der Waals surface area (Å²) in [4.78, 5) is 18.7. The van der Waals surface area contributed by atoms with E-state index in [9.17, 15) is 10.1 Å². The summed E-state index contributed by atoms with van der Waals surface area (Å²) in [6.07, 6.45) is 0.657. The van der Waals surface area contributed by atoms with E-state index in [1.807, 2.05) is 0 Å². The summed E-state index contributed by atoms with van der Waals surface area (Å²) in [5, 5.41) is 25.7. The van der Waals surface area contributed by atoms with E-state index in [0.29, 0.717) is 12.2 Å². The minimum absolute atomic E-state index is 0.251. The van der Waals surface area contributed by atoms with E-state index in [0.717, 1.165) is 5.56 Å². The number of nitrogens with zero attached hydrogens (tertiary/aromatic N) is 1. The number of hydrogen-bond acceptors (Lipinski definition) is 5. The molecule has 6 nitrogen and oxygen atoms in total. The third-order valence-corrected chi connectivity index (χ3v) is 1.86. The number of nitro benzene ring substituents is 1. The summed E-state index contributed by atoms with van der Waals surface area (Å²) in [5.74, 6) is 0.329. The quantitative estimate of drug-likeness (QED) is 0.386. The predicted molar refractivity (Wildman–Crippen MR) is 69.3 cm³/mol. The van der Waals surface area contributed by atoms with Crippen molar-refractivity contribution >= 4 is 36.2 Å². The van der Waals surface area contributed by atoms with Gasteiger partial charge in [0.05, 0.1) is 4.92 Å². The zero-order valence-electron chi connectivity index (χ0n) is 8.61. The Balaban J connectivity index is 0.000000557. The van der Waals surface area contributed by atoms with Crippen molar-refractivity contribution in [2.45, 2.75) is 6.42 Å². The molecule has 94 valence electrons. The number of phenols is 1. The van der Waals surface area contributed by atoms with Crippen LogP contribution in [0, 0.1) is 10.1 Å². The van der Waals surface area contributed by atoms with Crippen molar-refractivity contribution < 1.29 is 19.9 Å². The third-order valence-electron chi connectivity index (χ3n) is 1.64. The number of benzene rings is 1. The van der Waals surface area contributed by atoms with Crippen LogP contribution in [0.1, 0.15) is 5.56 Å². The number of carboxylic acid groups (broad SMARTS) is 1. The molecular weight excluding hydrogens is 266 g/mol. The van der Waals surface area contributed by atoms with Crippen LogP contribution < -0.4 is 0 Å². The molecule has 0 fully saturated rings. The molecule has 0 spiro atoms. The normalized spacial score (nSPS) is 9.06. The van der Waals surface area contributed by atoms with Crippen molar-refractivity contribution in [3.8, 4) is 5.75 Å². The molecule has 0 bridgehead atoms. The Kier molecular flexibility index (Phi) is 7.15. The van der Waals surface area contributed by atoms with Gasteiger partial charge in [0.25, 0.3) is 0 Å². The van der Waals surface area contributed by atoms with Gasteiger partial charge in [-0.05, 0) is 23.8 Å². The van der Waals surface area contributed by atoms with E-state index >= 15 is 0 Å². The minimum atomic E-state index is -1.14. The highest BCUT2D eigenvalue weighted by molar-refractivity contribution is 7.96. The van der Waals surface area contributed by atoms with Crippen molar-refractivity contribution in [3.05, 3.63) is 33.9 Å². The van der Waals surface area contributed by atoms with Gasteiger partial charge in [0.1, 0.15) is 0 Å². The first-order valence-corrected chi connectivity index (χ1v) is 5.45. The fourth-order valence-electron chi connectivity index (χ4n) is 1.000. The number of aryl methyl sites for hydroxylation is 1. The molecule has 0 saturated carbocycles. The molecule has 17 heavy (non-hydrogen) atoms. The Bertz CT molecular complexity index is 406. The van der Waals surface area contributed by atoms with E-state index in [1.54, 1.807) is 6.07 Å². The van der Waals surface area contributed by atoms with Gasteiger partial charge in [-0.25, -0.2) is 4.79 Å². The smallest absolute Gasteiger partial charge is 0.361 e. The second kappa shape index (κ2) is 7.80. The van der Waals surface area contributed by atoms with Gasteiger partial charge in [0.2, 0.25) is 0 Å². The highest BCUT2D eigenvalue weighted by Crippen LogP contribution is 2.26. The van der Waals surface area contributed by atoms with Crippen LogP contribution in [0.15, 0.2) is 18.2 Å². The Labute approximate surface area is 108 Å². The van der Waals surface area contributed by atoms with Gasteiger partial charge < -0.3 is 10.2 Å². The van der Waals surface area contributed by atoms with Gasteiger partial charge in [0.15, 0.2) is 5.75 Å². The lowest BCUT2D eigenvalue weighted by Gasteiger charge is -1.99. The molecule has 0 heterocycles. The second-order valence-corrected chi connectivity index (χ2v) is 3.67. The zero-order valence-corrected chi connectivity index (χ0v) is 10.4. The average molecular weight is 277 g/mol. The molecule has 1 aromatic carbocycles. The number of hydrogen-bond donors (Lipinski definition) is 4. The lowest BCUT2D eigenvalue weighted by Crippen LogP contribution is -1.92. The fourth-order valence-corrected chi connectivity index (χ4v) is 1.26. The molecule has 2 N–H and O–H groups in total. The highest BCUT2D eigenvalue weighted by atomic mass is 32.1. The lowest BCUT2D eigenvalue weighted by atomic mass is 10.1. The summed E-state index contributed by atoms with van der Waals surface area (Å²) in [6, 6.07) is 4.35. The molecule has 0 radical (unpaired) electrons. The van der Waals surface area contributed by atoms with Gasteiger partial charge in [0, 0.05) is 6.07 Å². The van der Waals surface area contributed by atoms with Crippen molar-refractivity contribution in [2.75, 3.05) is 5.75 Å². The van der Waals surface area contributed by atoms with Crippen LogP contribution in [0.3, 0.4) is 0 Å². The van der Waals surface area contributed by atoms with Crippen LogP contribution in [-0.4, -0.2) is 26.2 Å². The van der Waals surface area contributed by atoms with Crippen molar-refractivity contribution in [1.82, 2.24) is 0 Å². The first-order chi connectivity index (χ1) is 7.88. The molecule has 0 aliphatic carbocycles. The minimum Gasteiger partial charge on any atom is -0.502 e. The number of thiol groups is 2. The van der Waals surface area contributed by atoms with Crippen LogP contribution in [-0.2, 0) is 6.42 Å². The molecule has 0 atom stereocenters. The standard InChI is InChI=1S/C8H9NO3S.CH2O2S/c10-8-2-1-6(3-4-13)5-7(8)9(11)12;2-1(3)4/h1-2,5,10,13H,3-4H2;4H,(H,2,3). The molecule has 0 unspecified atom stereocenters. The molecule has 0 amide bonds. The van der Waals surface area contributed by atoms with Gasteiger partial charge in [-0.1, -0.05) is 18.7 Å². The van der Waals surface area contributed by atoms with Crippen LogP contribution in [0.2, 0.25) is 0 Å². The maximum atomic E-state index is 10.4. The Morgan fingerprint density at radius 3 is 2.41 bits per heavy atom. The largest absolute Gasteiger partial charge is 0.502 e. The van der Waals surface area contributed by atoms with Crippen molar-refractivity contribution in [2.24, 2.45) is 0 Å². The SMILES string of the molecule is O=C(O)S.O=[N+]([O-])c1cc(CCS)ccc1O. The summed E-state index contributed by atoms with van der Waals surface area (Å²) < 4.78 is 0. The molecule has 1 rings (SSSR count). The third kappa shape index (κ3) is 6.69. The summed E-state index contributed by atoms with van der Waals surface area (Å²) in [5.41, 5.74) is 0.554. The maximum Gasteiger partial charge on any atom is 0.361 e. The fraction of sp³-hybridized carbons (Fsp3) is 0.222. The maximum absolute atomic E-state index is 10.4. The topological polar surface area (TPSA) is 101 Å². The molecule has 0 aromatic heterocycles. The number of rotatable bonds is 3. The number of nitro groups is 1. The van der Waals surface area contributed by atoms with E-state index in [-0.39, 0.29) is 11.4 Å². The lowest BCUT2D eigenvalue weighted by molar-refractivity contribution is -0.385. The Morgan fingerprint density at radius 2 is 2.00 bits per heavy atom. The first-order valence-electron chi connectivity index (χ1n) is 4.37. The van der Waals surface area contributed by atoms with E-state index in [2.05, 4.69) is 25.3 Å². The van der Waals surface area contributed by atoms with E-state index in [4.69, 9.17) is 15.0 Å². The second-order valence-electron chi connectivity index (χ2n) is 2.84. The zero-order chi connectivity index (χ0) is 13.4. The monoisotopic (exact) mass is 277 g/mol. The molecule has 0 aliphatic rings. The van der Waals surface area contributed by atoms with Gasteiger partial charge in [-0.2, -0.15) is 12.6 Å². The summed E-state index contributed by atoms with van der Waals surface area (Å²) >= 11 is 6.89. The van der Waals surface area contributed by atoms with Crippen LogP contribution >= 0.6 is 25.3 Å². The van der Waals surface area contributed by atoms with Gasteiger partial charge in [-0.15, -0.1) is 0 Å². The van der Waals surface area contributed by atoms with Crippen molar-refractivity contribution in [3.63, 3.8) is 0 Å². The Morgan fingerprint density at radius 1 is 1.47 bits per heavy atom. The van der Waals surface area contributed by atoms with E-state index < -0.39 is 10.2 Å². The first kappa shape index (κ1) is 15.6. The number of aromatic hydroxyl groups is 1. The van der Waals surface area contributed by atoms with E-state index in [1.165, 1.54) is 12.1 Å².